The van der Waals surface area contributed by atoms with Gasteiger partial charge in [0.05, 0.1) is 6.42 Å². The average molecular weight is 169 g/mol. The van der Waals surface area contributed by atoms with Crippen molar-refractivity contribution >= 4 is 16.0 Å². The van der Waals surface area contributed by atoms with Crippen LogP contribution in [-0.4, -0.2) is 29.4 Å². The SMILES string of the molecule is NC(=O)CC(O)S(=O)(=O)O. The summed E-state index contributed by atoms with van der Waals surface area (Å²) in [6, 6.07) is 0. The van der Waals surface area contributed by atoms with Gasteiger partial charge in [-0.1, -0.05) is 0 Å². The van der Waals surface area contributed by atoms with Gasteiger partial charge in [-0.05, 0) is 0 Å². The molecule has 0 aromatic heterocycles. The monoisotopic (exact) mass is 169 g/mol. The van der Waals surface area contributed by atoms with E-state index in [0.29, 0.717) is 0 Å². The largest absolute Gasteiger partial charge is 0.375 e. The number of hydrogen-bond donors (Lipinski definition) is 3. The summed E-state index contributed by atoms with van der Waals surface area (Å²) in [5.74, 6) is -0.995. The molecule has 0 aromatic carbocycles. The molecule has 0 aliphatic heterocycles. The zero-order valence-corrected chi connectivity index (χ0v) is 5.71. The van der Waals surface area contributed by atoms with E-state index in [9.17, 15) is 13.2 Å². The van der Waals surface area contributed by atoms with Gasteiger partial charge in [-0.25, -0.2) is 0 Å². The number of primary amides is 1. The zero-order valence-electron chi connectivity index (χ0n) is 4.89. The van der Waals surface area contributed by atoms with E-state index in [-0.39, 0.29) is 0 Å². The third kappa shape index (κ3) is 3.38. The minimum absolute atomic E-state index is 0.793. The molecule has 1 unspecified atom stereocenters. The summed E-state index contributed by atoms with van der Waals surface area (Å²) in [6.07, 6.45) is -0.793. The molecule has 6 nitrogen and oxygen atoms in total. The Bertz CT molecular complexity index is 219. The molecular weight excluding hydrogens is 162 g/mol. The van der Waals surface area contributed by atoms with E-state index in [1.54, 1.807) is 0 Å². The molecule has 0 rings (SSSR count). The Labute approximate surface area is 57.4 Å². The Morgan fingerprint density at radius 3 is 2.10 bits per heavy atom. The Kier molecular flexibility index (Phi) is 2.76. The summed E-state index contributed by atoms with van der Waals surface area (Å²) in [7, 11) is -4.54. The molecule has 0 bridgehead atoms. The molecule has 0 saturated carbocycles. The number of hydrogen-bond acceptors (Lipinski definition) is 4. The molecule has 0 aliphatic carbocycles. The Morgan fingerprint density at radius 2 is 2.00 bits per heavy atom. The smallest absolute Gasteiger partial charge is 0.292 e. The molecule has 7 heteroatoms. The van der Waals surface area contributed by atoms with Crippen LogP contribution in [0, 0.1) is 0 Å². The first-order valence-corrected chi connectivity index (χ1v) is 3.77. The number of aliphatic hydroxyl groups excluding tert-OH is 1. The quantitative estimate of drug-likeness (QED) is 0.425. The van der Waals surface area contributed by atoms with Gasteiger partial charge in [-0.3, -0.25) is 9.35 Å². The van der Waals surface area contributed by atoms with E-state index in [2.05, 4.69) is 5.73 Å². The van der Waals surface area contributed by atoms with E-state index in [1.165, 1.54) is 0 Å². The summed E-state index contributed by atoms with van der Waals surface area (Å²) in [5, 5.41) is 8.42. The number of carbonyl (C=O) groups is 1. The highest BCUT2D eigenvalue weighted by Gasteiger charge is 2.21. The molecule has 0 radical (unpaired) electrons. The normalized spacial score (nSPS) is 14.6. The van der Waals surface area contributed by atoms with Crippen LogP contribution in [-0.2, 0) is 14.9 Å². The topological polar surface area (TPSA) is 118 Å². The predicted molar refractivity (Wildman–Crippen MR) is 31.4 cm³/mol. The van der Waals surface area contributed by atoms with E-state index >= 15 is 0 Å². The van der Waals surface area contributed by atoms with Crippen molar-refractivity contribution < 1.29 is 22.9 Å². The Hall–Kier alpha value is -0.660. The number of rotatable bonds is 3. The van der Waals surface area contributed by atoms with Crippen LogP contribution in [0.15, 0.2) is 0 Å². The van der Waals surface area contributed by atoms with E-state index in [0.717, 1.165) is 0 Å². The highest BCUT2D eigenvalue weighted by molar-refractivity contribution is 7.86. The van der Waals surface area contributed by atoms with E-state index in [1.807, 2.05) is 0 Å². The first kappa shape index (κ1) is 9.34. The summed E-state index contributed by atoms with van der Waals surface area (Å²) in [4.78, 5) is 9.94. The first-order valence-electron chi connectivity index (χ1n) is 2.26. The second-order valence-corrected chi connectivity index (χ2v) is 3.21. The van der Waals surface area contributed by atoms with Crippen molar-refractivity contribution in [3.05, 3.63) is 0 Å². The van der Waals surface area contributed by atoms with Gasteiger partial charge in [0.1, 0.15) is 0 Å². The van der Waals surface area contributed by atoms with E-state index < -0.39 is 27.9 Å². The van der Waals surface area contributed by atoms with Gasteiger partial charge in [0.2, 0.25) is 5.91 Å². The fourth-order valence-corrected chi connectivity index (χ4v) is 0.652. The third-order valence-corrected chi connectivity index (χ3v) is 1.57. The Morgan fingerprint density at radius 1 is 1.60 bits per heavy atom. The van der Waals surface area contributed by atoms with E-state index in [4.69, 9.17) is 9.66 Å². The highest BCUT2D eigenvalue weighted by Crippen LogP contribution is 1.97. The lowest BCUT2D eigenvalue weighted by Crippen LogP contribution is -2.26. The molecule has 0 heterocycles. The predicted octanol–water partition coefficient (Wildman–Crippen LogP) is -1.93. The van der Waals surface area contributed by atoms with Crippen molar-refractivity contribution in [3.63, 3.8) is 0 Å². The minimum atomic E-state index is -4.54. The molecule has 60 valence electrons. The van der Waals surface area contributed by atoms with Gasteiger partial charge in [-0.2, -0.15) is 8.42 Å². The summed E-state index contributed by atoms with van der Waals surface area (Å²) >= 11 is 0. The summed E-state index contributed by atoms with van der Waals surface area (Å²) in [5.41, 5.74) is 2.41. The van der Waals surface area contributed by atoms with Crippen LogP contribution in [0.5, 0.6) is 0 Å². The lowest BCUT2D eigenvalue weighted by Gasteiger charge is -2.01. The van der Waals surface area contributed by atoms with Crippen LogP contribution in [0.2, 0.25) is 0 Å². The summed E-state index contributed by atoms with van der Waals surface area (Å²) < 4.78 is 28.0. The first-order chi connectivity index (χ1) is 4.34. The molecule has 10 heavy (non-hydrogen) atoms. The molecule has 0 saturated heterocycles. The summed E-state index contributed by atoms with van der Waals surface area (Å²) in [6.45, 7) is 0. The van der Waals surface area contributed by atoms with Crippen molar-refractivity contribution in [2.45, 2.75) is 11.9 Å². The minimum Gasteiger partial charge on any atom is -0.375 e. The maximum absolute atomic E-state index is 9.96. The maximum Gasteiger partial charge on any atom is 0.292 e. The molecule has 0 spiro atoms. The highest BCUT2D eigenvalue weighted by atomic mass is 32.2. The average Bonchev–Trinajstić information content (AvgIpc) is 1.60. The van der Waals surface area contributed by atoms with Gasteiger partial charge in [-0.15, -0.1) is 0 Å². The second kappa shape index (κ2) is 2.95. The fraction of sp³-hybridized carbons (Fsp3) is 0.667. The number of nitrogens with two attached hydrogens (primary N) is 1. The van der Waals surface area contributed by atoms with Crippen LogP contribution in [0.4, 0.5) is 0 Å². The van der Waals surface area contributed by atoms with Gasteiger partial charge in [0.15, 0.2) is 5.44 Å². The molecular formula is C3H7NO5S. The standard InChI is InChI=1S/C3H7NO5S/c4-2(5)1-3(6)10(7,8)9/h3,6H,1H2,(H2,4,5)(H,7,8,9). The maximum atomic E-state index is 9.96. The van der Waals surface area contributed by atoms with Crippen molar-refractivity contribution in [1.29, 1.82) is 0 Å². The molecule has 0 fully saturated rings. The van der Waals surface area contributed by atoms with Crippen LogP contribution >= 0.6 is 0 Å². The molecule has 4 N–H and O–H groups in total. The van der Waals surface area contributed by atoms with Crippen LogP contribution in [0.3, 0.4) is 0 Å². The van der Waals surface area contributed by atoms with Gasteiger partial charge >= 0.3 is 0 Å². The zero-order chi connectivity index (χ0) is 8.36. The Balaban J connectivity index is 4.12. The van der Waals surface area contributed by atoms with Crippen LogP contribution < -0.4 is 5.73 Å². The second-order valence-electron chi connectivity index (χ2n) is 1.64. The van der Waals surface area contributed by atoms with Gasteiger partial charge in [0, 0.05) is 0 Å². The van der Waals surface area contributed by atoms with Crippen molar-refractivity contribution in [1.82, 2.24) is 0 Å². The van der Waals surface area contributed by atoms with Crippen molar-refractivity contribution in [2.24, 2.45) is 5.73 Å². The molecule has 1 atom stereocenters. The van der Waals surface area contributed by atoms with Gasteiger partial charge < -0.3 is 10.8 Å². The van der Waals surface area contributed by atoms with Crippen molar-refractivity contribution in [3.8, 4) is 0 Å². The lowest BCUT2D eigenvalue weighted by molar-refractivity contribution is -0.119. The molecule has 0 aliphatic rings. The lowest BCUT2D eigenvalue weighted by atomic mass is 10.4. The molecule has 0 aromatic rings. The number of aliphatic hydroxyl groups is 1. The number of amides is 1. The number of carbonyl (C=O) groups excluding carboxylic acids is 1. The van der Waals surface area contributed by atoms with Crippen molar-refractivity contribution in [2.75, 3.05) is 0 Å². The van der Waals surface area contributed by atoms with Crippen LogP contribution in [0.1, 0.15) is 6.42 Å². The fourth-order valence-electron chi connectivity index (χ4n) is 0.277. The molecule has 1 amide bonds. The third-order valence-electron chi connectivity index (χ3n) is 0.720. The van der Waals surface area contributed by atoms with Gasteiger partial charge in [0.25, 0.3) is 10.1 Å². The van der Waals surface area contributed by atoms with Crippen LogP contribution in [0.25, 0.3) is 0 Å².